The smallest absolute Gasteiger partial charge is 0.370 e. The zero-order chi connectivity index (χ0) is 20.9. The van der Waals surface area contributed by atoms with Crippen molar-refractivity contribution in [3.63, 3.8) is 0 Å². The summed E-state index contributed by atoms with van der Waals surface area (Å²) in [5.41, 5.74) is 1.85. The van der Waals surface area contributed by atoms with Gasteiger partial charge in [-0.05, 0) is 24.1 Å². The number of carbonyl (C=O) groups is 1. The number of nitrogens with one attached hydrogen (secondary N) is 1. The monoisotopic (exact) mass is 422 g/mol. The Balaban J connectivity index is 1.71. The number of nitrogens with zero attached hydrogens (tertiary/aromatic N) is 3. The van der Waals surface area contributed by atoms with Crippen LogP contribution in [0.5, 0.6) is 0 Å². The van der Waals surface area contributed by atoms with E-state index >= 15 is 0 Å². The molecule has 0 saturated carbocycles. The van der Waals surface area contributed by atoms with Crippen LogP contribution in [-0.4, -0.2) is 40.5 Å². The molecule has 0 unspecified atom stereocenters. The molecule has 1 aliphatic heterocycles. The van der Waals surface area contributed by atoms with Gasteiger partial charge in [-0.2, -0.15) is 13.2 Å². The number of carbonyl (C=O) groups excluding carboxylic acids is 1. The van der Waals surface area contributed by atoms with E-state index in [4.69, 9.17) is 11.6 Å². The Labute approximate surface area is 170 Å². The zero-order valence-electron chi connectivity index (χ0n) is 15.8. The van der Waals surface area contributed by atoms with E-state index in [0.717, 1.165) is 17.2 Å². The molecule has 0 radical (unpaired) electrons. The average molecular weight is 423 g/mol. The summed E-state index contributed by atoms with van der Waals surface area (Å²) in [6, 6.07) is 3.49. The fourth-order valence-corrected chi connectivity index (χ4v) is 3.99. The van der Waals surface area contributed by atoms with Crippen LogP contribution < -0.4 is 5.32 Å². The van der Waals surface area contributed by atoms with Gasteiger partial charge < -0.3 is 10.2 Å². The fourth-order valence-electron chi connectivity index (χ4n) is 3.76. The summed E-state index contributed by atoms with van der Waals surface area (Å²) in [5.74, 6) is 0.485. The maximum atomic E-state index is 13.3. The standard InChI is InChI=1S/C20H18ClF3N4O/c1-3-25-18-17-13(20(22,23)24)4-5-15(17)26-16(27-18)7-10-6-11-9-28(2)19(29)12(11)8-14(10)21/h4,6,8H,3,5,7,9H2,1-2H3,(H,25,26,27). The Morgan fingerprint density at radius 3 is 2.72 bits per heavy atom. The van der Waals surface area contributed by atoms with Gasteiger partial charge in [-0.1, -0.05) is 23.7 Å². The third kappa shape index (κ3) is 3.46. The Kier molecular flexibility index (Phi) is 4.77. The molecule has 1 N–H and O–H groups in total. The van der Waals surface area contributed by atoms with E-state index in [-0.39, 0.29) is 30.1 Å². The number of aromatic nitrogens is 2. The van der Waals surface area contributed by atoms with E-state index in [1.54, 1.807) is 24.9 Å². The number of allylic oxidation sites excluding steroid dienone is 2. The number of hydrogen-bond donors (Lipinski definition) is 1. The molecule has 152 valence electrons. The maximum absolute atomic E-state index is 13.3. The Morgan fingerprint density at radius 1 is 1.28 bits per heavy atom. The summed E-state index contributed by atoms with van der Waals surface area (Å²) in [5, 5.41) is 3.34. The van der Waals surface area contributed by atoms with E-state index in [1.165, 1.54) is 0 Å². The van der Waals surface area contributed by atoms with E-state index in [1.807, 2.05) is 6.07 Å². The molecule has 0 atom stereocenters. The first-order chi connectivity index (χ1) is 13.7. The molecule has 1 amide bonds. The second-order valence-corrected chi connectivity index (χ2v) is 7.51. The molecular weight excluding hydrogens is 405 g/mol. The molecule has 1 aromatic carbocycles. The summed E-state index contributed by atoms with van der Waals surface area (Å²) in [7, 11) is 1.72. The van der Waals surface area contributed by atoms with Crippen molar-refractivity contribution in [1.82, 2.24) is 14.9 Å². The molecule has 4 rings (SSSR count). The highest BCUT2D eigenvalue weighted by Crippen LogP contribution is 2.42. The first-order valence-corrected chi connectivity index (χ1v) is 9.55. The SMILES string of the molecule is CCNc1nc(Cc2cc3c(cc2Cl)C(=O)N(C)C3)nc2c1C(C(F)(F)F)=CC2. The lowest BCUT2D eigenvalue weighted by Crippen LogP contribution is -2.17. The highest BCUT2D eigenvalue weighted by molar-refractivity contribution is 6.31. The molecular formula is C20H18ClF3N4O. The van der Waals surface area contributed by atoms with E-state index in [9.17, 15) is 18.0 Å². The predicted octanol–water partition coefficient (Wildman–Crippen LogP) is 4.24. The van der Waals surface area contributed by atoms with Crippen LogP contribution in [0.25, 0.3) is 5.57 Å². The molecule has 0 spiro atoms. The Morgan fingerprint density at radius 2 is 2.03 bits per heavy atom. The van der Waals surface area contributed by atoms with Gasteiger partial charge in [0.05, 0.1) is 16.8 Å². The topological polar surface area (TPSA) is 58.1 Å². The van der Waals surface area contributed by atoms with Crippen LogP contribution in [0.15, 0.2) is 18.2 Å². The van der Waals surface area contributed by atoms with E-state index in [0.29, 0.717) is 35.2 Å². The number of amides is 1. The normalized spacial score (nSPS) is 15.4. The van der Waals surface area contributed by atoms with Crippen molar-refractivity contribution >= 4 is 28.9 Å². The van der Waals surface area contributed by atoms with Crippen LogP contribution >= 0.6 is 11.6 Å². The van der Waals surface area contributed by atoms with Crippen molar-refractivity contribution in [2.45, 2.75) is 32.5 Å². The average Bonchev–Trinajstić information content (AvgIpc) is 3.18. The third-order valence-corrected chi connectivity index (χ3v) is 5.41. The van der Waals surface area contributed by atoms with Gasteiger partial charge >= 0.3 is 6.18 Å². The minimum atomic E-state index is -4.46. The van der Waals surface area contributed by atoms with Crippen molar-refractivity contribution in [2.24, 2.45) is 0 Å². The minimum absolute atomic E-state index is 0.0235. The predicted molar refractivity (Wildman–Crippen MR) is 104 cm³/mol. The van der Waals surface area contributed by atoms with Crippen LogP contribution in [-0.2, 0) is 19.4 Å². The zero-order valence-corrected chi connectivity index (χ0v) is 16.6. The molecule has 0 bridgehead atoms. The van der Waals surface area contributed by atoms with Gasteiger partial charge in [0.2, 0.25) is 0 Å². The molecule has 2 aliphatic rings. The summed E-state index contributed by atoms with van der Waals surface area (Å²) in [6.45, 7) is 2.72. The number of fused-ring (bicyclic) bond motifs is 2. The highest BCUT2D eigenvalue weighted by atomic mass is 35.5. The molecule has 29 heavy (non-hydrogen) atoms. The van der Waals surface area contributed by atoms with E-state index < -0.39 is 11.7 Å². The summed E-state index contributed by atoms with van der Waals surface area (Å²) in [6.07, 6.45) is -2.94. The van der Waals surface area contributed by atoms with Gasteiger partial charge in [0.1, 0.15) is 11.6 Å². The lowest BCUT2D eigenvalue weighted by molar-refractivity contribution is -0.0687. The molecule has 1 aromatic heterocycles. The number of anilines is 1. The minimum Gasteiger partial charge on any atom is -0.370 e. The lowest BCUT2D eigenvalue weighted by Gasteiger charge is -2.16. The summed E-state index contributed by atoms with van der Waals surface area (Å²) < 4.78 is 40.0. The van der Waals surface area contributed by atoms with Gasteiger partial charge in [0.15, 0.2) is 0 Å². The second kappa shape index (κ2) is 7.02. The van der Waals surface area contributed by atoms with Crippen LogP contribution in [0.3, 0.4) is 0 Å². The number of halogens is 4. The highest BCUT2D eigenvalue weighted by Gasteiger charge is 2.40. The largest absolute Gasteiger partial charge is 0.416 e. The molecule has 5 nitrogen and oxygen atoms in total. The van der Waals surface area contributed by atoms with Gasteiger partial charge in [0, 0.05) is 43.6 Å². The fraction of sp³-hybridized carbons (Fsp3) is 0.350. The number of alkyl halides is 3. The van der Waals surface area contributed by atoms with Gasteiger partial charge in [-0.25, -0.2) is 9.97 Å². The molecule has 0 fully saturated rings. The lowest BCUT2D eigenvalue weighted by atomic mass is 10.0. The molecule has 1 aliphatic carbocycles. The number of hydrogen-bond acceptors (Lipinski definition) is 4. The van der Waals surface area contributed by atoms with Gasteiger partial charge in [-0.3, -0.25) is 4.79 Å². The first kappa shape index (κ1) is 19.7. The quantitative estimate of drug-likeness (QED) is 0.800. The first-order valence-electron chi connectivity index (χ1n) is 9.17. The number of rotatable bonds is 4. The number of benzene rings is 1. The molecule has 9 heteroatoms. The van der Waals surface area contributed by atoms with Crippen LogP contribution in [0.1, 0.15) is 45.5 Å². The summed E-state index contributed by atoms with van der Waals surface area (Å²) >= 11 is 6.37. The van der Waals surface area contributed by atoms with E-state index in [2.05, 4.69) is 15.3 Å². The van der Waals surface area contributed by atoms with Crippen molar-refractivity contribution in [1.29, 1.82) is 0 Å². The Hall–Kier alpha value is -2.61. The third-order valence-electron chi connectivity index (χ3n) is 5.05. The van der Waals surface area contributed by atoms with Gasteiger partial charge in [0.25, 0.3) is 5.91 Å². The van der Waals surface area contributed by atoms with Crippen LogP contribution in [0.4, 0.5) is 19.0 Å². The Bertz CT molecular complexity index is 1050. The van der Waals surface area contributed by atoms with Crippen molar-refractivity contribution in [3.05, 3.63) is 57.0 Å². The molecule has 2 aromatic rings. The van der Waals surface area contributed by atoms with Crippen LogP contribution in [0.2, 0.25) is 5.02 Å². The molecule has 0 saturated heterocycles. The molecule has 2 heterocycles. The maximum Gasteiger partial charge on any atom is 0.416 e. The van der Waals surface area contributed by atoms with Gasteiger partial charge in [-0.15, -0.1) is 0 Å². The van der Waals surface area contributed by atoms with Crippen molar-refractivity contribution in [2.75, 3.05) is 18.9 Å². The van der Waals surface area contributed by atoms with Crippen molar-refractivity contribution < 1.29 is 18.0 Å². The van der Waals surface area contributed by atoms with Crippen molar-refractivity contribution in [3.8, 4) is 0 Å². The van der Waals surface area contributed by atoms with Crippen LogP contribution in [0, 0.1) is 0 Å². The summed E-state index contributed by atoms with van der Waals surface area (Å²) in [4.78, 5) is 22.5. The second-order valence-electron chi connectivity index (χ2n) is 7.10.